The average molecular weight is 241 g/mol. The maximum atomic E-state index is 11.4. The van der Waals surface area contributed by atoms with Gasteiger partial charge >= 0.3 is 19.1 Å². The molecule has 1 heterocycles. The first-order chi connectivity index (χ1) is 7.93. The number of rotatable bonds is 3. The summed E-state index contributed by atoms with van der Waals surface area (Å²) in [5.74, 6) is -1.71. The van der Waals surface area contributed by atoms with E-state index >= 15 is 0 Å². The molecule has 6 nitrogen and oxygen atoms in total. The molecule has 1 unspecified atom stereocenters. The van der Waals surface area contributed by atoms with Crippen LogP contribution in [0.1, 0.15) is 13.8 Å². The van der Waals surface area contributed by atoms with Crippen molar-refractivity contribution in [2.24, 2.45) is 5.92 Å². The Labute approximate surface area is 100 Å². The van der Waals surface area contributed by atoms with Crippen molar-refractivity contribution < 1.29 is 23.7 Å². The highest BCUT2D eigenvalue weighted by molar-refractivity contribution is 6.54. The van der Waals surface area contributed by atoms with E-state index in [2.05, 4.69) is 0 Å². The molecule has 0 aliphatic carbocycles. The van der Waals surface area contributed by atoms with Gasteiger partial charge in [0.15, 0.2) is 0 Å². The molecule has 0 amide bonds. The summed E-state index contributed by atoms with van der Waals surface area (Å²) in [6, 6.07) is 0. The van der Waals surface area contributed by atoms with Gasteiger partial charge in [0.2, 0.25) is 0 Å². The Morgan fingerprint density at radius 1 is 1.24 bits per heavy atom. The summed E-state index contributed by atoms with van der Waals surface area (Å²) in [5, 5.41) is 0. The third-order valence-electron chi connectivity index (χ3n) is 2.53. The summed E-state index contributed by atoms with van der Waals surface area (Å²) < 4.78 is 9.98. The first-order valence-electron chi connectivity index (χ1n) is 5.47. The second kappa shape index (κ2) is 5.81. The number of aldehydes is 1. The maximum Gasteiger partial charge on any atom is 0.609 e. The van der Waals surface area contributed by atoms with E-state index in [9.17, 15) is 14.4 Å². The fourth-order valence-corrected chi connectivity index (χ4v) is 1.55. The van der Waals surface area contributed by atoms with Gasteiger partial charge in [0.1, 0.15) is 6.29 Å². The zero-order chi connectivity index (χ0) is 13.0. The molecular formula is C10H16BNO5. The van der Waals surface area contributed by atoms with E-state index in [1.807, 2.05) is 0 Å². The van der Waals surface area contributed by atoms with Crippen molar-refractivity contribution in [1.82, 2.24) is 4.90 Å². The standard InChI is InChI=1S/C10H16BNO5/c1-7(2)8(6-13)11-16-9(14)4-12(3)5-10(15)17-11/h6-8H,4-5H2,1-3H3. The van der Waals surface area contributed by atoms with Gasteiger partial charge in [0, 0.05) is 0 Å². The van der Waals surface area contributed by atoms with Gasteiger partial charge in [-0.3, -0.25) is 14.5 Å². The lowest BCUT2D eigenvalue weighted by Gasteiger charge is -2.26. The van der Waals surface area contributed by atoms with Crippen LogP contribution in [0.25, 0.3) is 0 Å². The molecule has 17 heavy (non-hydrogen) atoms. The highest BCUT2D eigenvalue weighted by Crippen LogP contribution is 2.21. The van der Waals surface area contributed by atoms with Crippen LogP contribution in [0.15, 0.2) is 0 Å². The van der Waals surface area contributed by atoms with E-state index in [0.29, 0.717) is 6.29 Å². The van der Waals surface area contributed by atoms with E-state index in [0.717, 1.165) is 0 Å². The van der Waals surface area contributed by atoms with E-state index in [1.54, 1.807) is 20.9 Å². The van der Waals surface area contributed by atoms with Crippen LogP contribution in [-0.2, 0) is 23.7 Å². The Morgan fingerprint density at radius 2 is 1.71 bits per heavy atom. The SMILES string of the molecule is CC(C)C(C=O)B1OC(=O)CN(C)CC(=O)O1. The van der Waals surface area contributed by atoms with Crippen molar-refractivity contribution >= 4 is 25.3 Å². The van der Waals surface area contributed by atoms with Gasteiger partial charge in [-0.2, -0.15) is 0 Å². The molecule has 94 valence electrons. The molecule has 0 spiro atoms. The Kier molecular flexibility index (Phi) is 4.68. The molecule has 1 fully saturated rings. The highest BCUT2D eigenvalue weighted by Gasteiger charge is 2.41. The predicted octanol–water partition coefficient (Wildman–Crippen LogP) is -0.269. The second-order valence-electron chi connectivity index (χ2n) is 4.48. The molecule has 1 rings (SSSR count). The Hall–Kier alpha value is -1.37. The van der Waals surface area contributed by atoms with Gasteiger partial charge in [-0.05, 0) is 13.0 Å². The topological polar surface area (TPSA) is 72.9 Å². The molecule has 7 heteroatoms. The smallest absolute Gasteiger partial charge is 0.498 e. The monoisotopic (exact) mass is 241 g/mol. The number of likely N-dealkylation sites (N-methyl/N-ethyl adjacent to an activating group) is 1. The highest BCUT2D eigenvalue weighted by atomic mass is 16.6. The molecule has 0 radical (unpaired) electrons. The number of carbonyl (C=O) groups is 3. The summed E-state index contributed by atoms with van der Waals surface area (Å²) in [6.45, 7) is 3.61. The van der Waals surface area contributed by atoms with Crippen LogP contribution in [0.3, 0.4) is 0 Å². The van der Waals surface area contributed by atoms with Crippen LogP contribution >= 0.6 is 0 Å². The zero-order valence-corrected chi connectivity index (χ0v) is 10.2. The quantitative estimate of drug-likeness (QED) is 0.500. The summed E-state index contributed by atoms with van der Waals surface area (Å²) >= 11 is 0. The molecule has 0 bridgehead atoms. The van der Waals surface area contributed by atoms with Crippen molar-refractivity contribution in [1.29, 1.82) is 0 Å². The number of nitrogens with zero attached hydrogens (tertiary/aromatic N) is 1. The van der Waals surface area contributed by atoms with Crippen molar-refractivity contribution in [3.8, 4) is 0 Å². The first-order valence-corrected chi connectivity index (χ1v) is 5.47. The first kappa shape index (κ1) is 13.7. The molecule has 1 atom stereocenters. The minimum Gasteiger partial charge on any atom is -0.498 e. The van der Waals surface area contributed by atoms with Crippen LogP contribution in [-0.4, -0.2) is 50.4 Å². The minimum atomic E-state index is -1.11. The van der Waals surface area contributed by atoms with Gasteiger partial charge < -0.3 is 14.1 Å². The van der Waals surface area contributed by atoms with Gasteiger partial charge in [0.25, 0.3) is 0 Å². The number of hydrogen-bond donors (Lipinski definition) is 0. The Bertz CT molecular complexity index is 300. The molecule has 0 aromatic heterocycles. The molecule has 0 aromatic rings. The van der Waals surface area contributed by atoms with E-state index < -0.39 is 24.9 Å². The third-order valence-corrected chi connectivity index (χ3v) is 2.53. The zero-order valence-electron chi connectivity index (χ0n) is 10.2. The lowest BCUT2D eigenvalue weighted by atomic mass is 9.66. The Balaban J connectivity index is 2.79. The van der Waals surface area contributed by atoms with Crippen molar-refractivity contribution in [3.05, 3.63) is 0 Å². The molecule has 1 aliphatic heterocycles. The van der Waals surface area contributed by atoms with Crippen LogP contribution in [0.2, 0.25) is 5.82 Å². The Morgan fingerprint density at radius 3 is 2.06 bits per heavy atom. The third kappa shape index (κ3) is 3.85. The van der Waals surface area contributed by atoms with Crippen LogP contribution in [0, 0.1) is 5.92 Å². The fourth-order valence-electron chi connectivity index (χ4n) is 1.55. The second-order valence-corrected chi connectivity index (χ2v) is 4.48. The van der Waals surface area contributed by atoms with E-state index in [-0.39, 0.29) is 19.0 Å². The minimum absolute atomic E-state index is 0.00920. The molecule has 0 aromatic carbocycles. The average Bonchev–Trinajstić information content (AvgIpc) is 2.14. The number of carbonyl (C=O) groups excluding carboxylic acids is 3. The molecule has 0 saturated carbocycles. The summed E-state index contributed by atoms with van der Waals surface area (Å²) in [4.78, 5) is 35.3. The predicted molar refractivity (Wildman–Crippen MR) is 60.1 cm³/mol. The van der Waals surface area contributed by atoms with E-state index in [1.165, 1.54) is 4.90 Å². The fraction of sp³-hybridized carbons (Fsp3) is 0.700. The lowest BCUT2D eigenvalue weighted by Crippen LogP contribution is -2.45. The maximum absolute atomic E-state index is 11.4. The van der Waals surface area contributed by atoms with Crippen molar-refractivity contribution in [3.63, 3.8) is 0 Å². The summed E-state index contributed by atoms with van der Waals surface area (Å²) in [7, 11) is 0.504. The van der Waals surface area contributed by atoms with Gasteiger partial charge in [-0.15, -0.1) is 0 Å². The molecule has 0 N–H and O–H groups in total. The largest absolute Gasteiger partial charge is 0.609 e. The molecule has 1 aliphatic rings. The van der Waals surface area contributed by atoms with Gasteiger partial charge in [0.05, 0.1) is 18.9 Å². The molecular weight excluding hydrogens is 225 g/mol. The van der Waals surface area contributed by atoms with Gasteiger partial charge in [-0.1, -0.05) is 13.8 Å². The van der Waals surface area contributed by atoms with Crippen molar-refractivity contribution in [2.45, 2.75) is 19.7 Å². The molecule has 1 saturated heterocycles. The van der Waals surface area contributed by atoms with Gasteiger partial charge in [-0.25, -0.2) is 0 Å². The van der Waals surface area contributed by atoms with Crippen molar-refractivity contribution in [2.75, 3.05) is 20.1 Å². The van der Waals surface area contributed by atoms with Crippen LogP contribution in [0.4, 0.5) is 0 Å². The number of hydrogen-bond acceptors (Lipinski definition) is 6. The van der Waals surface area contributed by atoms with Crippen LogP contribution < -0.4 is 0 Å². The lowest BCUT2D eigenvalue weighted by molar-refractivity contribution is -0.146. The normalized spacial score (nSPS) is 20.4. The summed E-state index contributed by atoms with van der Waals surface area (Å²) in [5.41, 5.74) is 0. The van der Waals surface area contributed by atoms with Crippen LogP contribution in [0.5, 0.6) is 0 Å². The summed E-state index contributed by atoms with van der Waals surface area (Å²) in [6.07, 6.45) is 0.654. The van der Waals surface area contributed by atoms with E-state index in [4.69, 9.17) is 9.31 Å².